The van der Waals surface area contributed by atoms with E-state index in [1.54, 1.807) is 0 Å². The molecule has 0 N–H and O–H groups in total. The van der Waals surface area contributed by atoms with Crippen LogP contribution in [0.4, 0.5) is 0 Å². The van der Waals surface area contributed by atoms with Crippen molar-refractivity contribution in [1.82, 2.24) is 0 Å². The zero-order chi connectivity index (χ0) is 16.1. The number of ether oxygens (including phenoxy) is 1. The normalized spacial score (nSPS) is 11.8. The van der Waals surface area contributed by atoms with E-state index < -0.39 is 0 Å². The van der Waals surface area contributed by atoms with E-state index in [2.05, 4.69) is 42.5 Å². The third kappa shape index (κ3) is 2.06. The molecule has 0 aromatic heterocycles. The van der Waals surface area contributed by atoms with Gasteiger partial charge in [-0.2, -0.15) is 0 Å². The van der Waals surface area contributed by atoms with Crippen molar-refractivity contribution in [3.8, 4) is 5.75 Å². The van der Waals surface area contributed by atoms with Crippen molar-refractivity contribution in [2.24, 2.45) is 5.92 Å². The highest BCUT2D eigenvalue weighted by molar-refractivity contribution is 6.24. The molecule has 23 heavy (non-hydrogen) atoms. The van der Waals surface area contributed by atoms with Crippen molar-refractivity contribution in [3.05, 3.63) is 54.1 Å². The highest BCUT2D eigenvalue weighted by atomic mass is 16.5. The maximum Gasteiger partial charge on any atom is 0.313 e. The summed E-state index contributed by atoms with van der Waals surface area (Å²) in [6, 6.07) is 16.9. The number of aryl methyl sites for hydroxylation is 1. The van der Waals surface area contributed by atoms with Gasteiger partial charge in [-0.25, -0.2) is 0 Å². The van der Waals surface area contributed by atoms with Gasteiger partial charge in [-0.15, -0.1) is 0 Å². The SMILES string of the molecule is Cc1c(OC(=O)C(C)C)cc2ccc3cccc4ccc1c2c34. The lowest BCUT2D eigenvalue weighted by Gasteiger charge is -2.16. The Morgan fingerprint density at radius 3 is 2.26 bits per heavy atom. The molecule has 0 saturated heterocycles. The Morgan fingerprint density at radius 2 is 1.57 bits per heavy atom. The number of hydrogen-bond acceptors (Lipinski definition) is 2. The van der Waals surface area contributed by atoms with Gasteiger partial charge < -0.3 is 4.74 Å². The Hall–Kier alpha value is -2.61. The fraction of sp³-hybridized carbons (Fsp3) is 0.190. The Bertz CT molecular complexity index is 1030. The van der Waals surface area contributed by atoms with Gasteiger partial charge >= 0.3 is 5.97 Å². The zero-order valence-corrected chi connectivity index (χ0v) is 13.5. The van der Waals surface area contributed by atoms with E-state index in [0.717, 1.165) is 16.3 Å². The predicted molar refractivity (Wildman–Crippen MR) is 95.4 cm³/mol. The molecule has 2 nitrogen and oxygen atoms in total. The summed E-state index contributed by atoms with van der Waals surface area (Å²) in [6.07, 6.45) is 0. The average Bonchev–Trinajstić information content (AvgIpc) is 2.55. The molecule has 0 aliphatic rings. The molecule has 0 fully saturated rings. The first kappa shape index (κ1) is 14.0. The van der Waals surface area contributed by atoms with Crippen LogP contribution in [0, 0.1) is 12.8 Å². The third-order valence-electron chi connectivity index (χ3n) is 4.55. The summed E-state index contributed by atoms with van der Waals surface area (Å²) in [6.45, 7) is 5.72. The summed E-state index contributed by atoms with van der Waals surface area (Å²) in [7, 11) is 0. The number of carbonyl (C=O) groups excluding carboxylic acids is 1. The van der Waals surface area contributed by atoms with Gasteiger partial charge in [0.1, 0.15) is 5.75 Å². The van der Waals surface area contributed by atoms with Gasteiger partial charge in [0.15, 0.2) is 0 Å². The van der Waals surface area contributed by atoms with E-state index in [-0.39, 0.29) is 11.9 Å². The van der Waals surface area contributed by atoms with E-state index in [9.17, 15) is 4.79 Å². The van der Waals surface area contributed by atoms with Crippen molar-refractivity contribution >= 4 is 38.3 Å². The topological polar surface area (TPSA) is 26.3 Å². The third-order valence-corrected chi connectivity index (χ3v) is 4.55. The van der Waals surface area contributed by atoms with E-state index in [0.29, 0.717) is 5.75 Å². The molecule has 0 unspecified atom stereocenters. The smallest absolute Gasteiger partial charge is 0.313 e. The Balaban J connectivity index is 2.06. The van der Waals surface area contributed by atoms with Crippen LogP contribution in [0.5, 0.6) is 5.75 Å². The molecule has 114 valence electrons. The minimum Gasteiger partial charge on any atom is -0.426 e. The summed E-state index contributed by atoms with van der Waals surface area (Å²) < 4.78 is 5.62. The molecule has 0 aliphatic heterocycles. The number of rotatable bonds is 2. The molecule has 0 atom stereocenters. The van der Waals surface area contributed by atoms with E-state index in [1.165, 1.54) is 21.5 Å². The number of carbonyl (C=O) groups is 1. The molecule has 2 heteroatoms. The first-order chi connectivity index (χ1) is 11.1. The maximum atomic E-state index is 12.0. The van der Waals surface area contributed by atoms with Gasteiger partial charge in [0, 0.05) is 0 Å². The molecular formula is C21H18O2. The molecule has 4 aromatic rings. The first-order valence-corrected chi connectivity index (χ1v) is 7.95. The highest BCUT2D eigenvalue weighted by Crippen LogP contribution is 2.39. The van der Waals surface area contributed by atoms with Gasteiger partial charge in [-0.05, 0) is 50.9 Å². The quantitative estimate of drug-likeness (QED) is 0.279. The van der Waals surface area contributed by atoms with E-state index in [4.69, 9.17) is 4.74 Å². The molecule has 0 amide bonds. The van der Waals surface area contributed by atoms with Crippen LogP contribution in [0.1, 0.15) is 19.4 Å². The summed E-state index contributed by atoms with van der Waals surface area (Å²) >= 11 is 0. The lowest BCUT2D eigenvalue weighted by atomic mass is 9.92. The largest absolute Gasteiger partial charge is 0.426 e. The summed E-state index contributed by atoms with van der Waals surface area (Å²) in [5.74, 6) is 0.329. The van der Waals surface area contributed by atoms with Crippen LogP contribution in [-0.4, -0.2) is 5.97 Å². The molecule has 4 rings (SSSR count). The highest BCUT2D eigenvalue weighted by Gasteiger charge is 2.16. The summed E-state index contributed by atoms with van der Waals surface area (Å²) in [4.78, 5) is 12.0. The molecule has 4 aromatic carbocycles. The van der Waals surface area contributed by atoms with Gasteiger partial charge in [-0.3, -0.25) is 4.79 Å². The van der Waals surface area contributed by atoms with Gasteiger partial charge in [-0.1, -0.05) is 56.3 Å². The van der Waals surface area contributed by atoms with Crippen molar-refractivity contribution in [1.29, 1.82) is 0 Å². The monoisotopic (exact) mass is 302 g/mol. The van der Waals surface area contributed by atoms with Crippen LogP contribution < -0.4 is 4.74 Å². The number of hydrogen-bond donors (Lipinski definition) is 0. The van der Waals surface area contributed by atoms with E-state index in [1.807, 2.05) is 26.8 Å². The van der Waals surface area contributed by atoms with Crippen LogP contribution in [0.2, 0.25) is 0 Å². The minimum atomic E-state index is -0.194. The van der Waals surface area contributed by atoms with Gasteiger partial charge in [0.2, 0.25) is 0 Å². The van der Waals surface area contributed by atoms with Crippen LogP contribution >= 0.6 is 0 Å². The molecule has 0 spiro atoms. The molecule has 0 bridgehead atoms. The van der Waals surface area contributed by atoms with Crippen LogP contribution in [0.25, 0.3) is 32.3 Å². The lowest BCUT2D eigenvalue weighted by Crippen LogP contribution is -2.15. The lowest BCUT2D eigenvalue weighted by molar-refractivity contribution is -0.137. The van der Waals surface area contributed by atoms with Crippen LogP contribution in [0.15, 0.2) is 48.5 Å². The van der Waals surface area contributed by atoms with Gasteiger partial charge in [0.25, 0.3) is 0 Å². The van der Waals surface area contributed by atoms with Crippen molar-refractivity contribution in [2.75, 3.05) is 0 Å². The van der Waals surface area contributed by atoms with Crippen LogP contribution in [0.3, 0.4) is 0 Å². The second-order valence-corrected chi connectivity index (χ2v) is 6.43. The zero-order valence-electron chi connectivity index (χ0n) is 13.5. The average molecular weight is 302 g/mol. The molecule has 0 saturated carbocycles. The maximum absolute atomic E-state index is 12.0. The Kier molecular flexibility index (Phi) is 3.02. The molecule has 0 radical (unpaired) electrons. The summed E-state index contributed by atoms with van der Waals surface area (Å²) in [5.41, 5.74) is 1.02. The van der Waals surface area contributed by atoms with Crippen molar-refractivity contribution in [3.63, 3.8) is 0 Å². The fourth-order valence-electron chi connectivity index (χ4n) is 3.26. The van der Waals surface area contributed by atoms with Crippen molar-refractivity contribution in [2.45, 2.75) is 20.8 Å². The second-order valence-electron chi connectivity index (χ2n) is 6.43. The number of benzene rings is 4. The minimum absolute atomic E-state index is 0.139. The number of esters is 1. The standard InChI is InChI=1S/C21H18O2/c1-12(2)21(22)23-18-11-16-8-7-14-5-4-6-15-9-10-17(13(18)3)20(16)19(14)15/h4-12H,1-3H3. The van der Waals surface area contributed by atoms with Gasteiger partial charge in [0.05, 0.1) is 5.92 Å². The van der Waals surface area contributed by atoms with Crippen molar-refractivity contribution < 1.29 is 9.53 Å². The Labute approximate surface area is 135 Å². The summed E-state index contributed by atoms with van der Waals surface area (Å²) in [5, 5.41) is 7.29. The molecule has 0 aliphatic carbocycles. The fourth-order valence-corrected chi connectivity index (χ4v) is 3.26. The predicted octanol–water partition coefficient (Wildman–Crippen LogP) is 5.45. The molecule has 0 heterocycles. The second kappa shape index (κ2) is 4.95. The first-order valence-electron chi connectivity index (χ1n) is 7.95. The van der Waals surface area contributed by atoms with E-state index >= 15 is 0 Å². The Morgan fingerprint density at radius 1 is 0.913 bits per heavy atom. The molecular weight excluding hydrogens is 284 g/mol. The van der Waals surface area contributed by atoms with Crippen LogP contribution in [-0.2, 0) is 4.79 Å².